The number of hydrogen-bond donors (Lipinski definition) is 0. The van der Waals surface area contributed by atoms with Gasteiger partial charge in [-0.2, -0.15) is 0 Å². The molecule has 92 valence electrons. The zero-order chi connectivity index (χ0) is 13.1. The van der Waals surface area contributed by atoms with Gasteiger partial charge in [-0.25, -0.2) is 9.97 Å². The second-order valence-electron chi connectivity index (χ2n) is 3.87. The van der Waals surface area contributed by atoms with Crippen LogP contribution >= 0.6 is 0 Å². The molecule has 0 N–H and O–H groups in total. The minimum Gasteiger partial charge on any atom is -0.261 e. The minimum absolute atomic E-state index is 0.656. The Morgan fingerprint density at radius 1 is 0.684 bits per heavy atom. The zero-order valence-electron chi connectivity index (χ0n) is 10.2. The van der Waals surface area contributed by atoms with Gasteiger partial charge in [-0.15, -0.1) is 0 Å². The molecule has 0 aliphatic rings. The van der Waals surface area contributed by atoms with Gasteiger partial charge < -0.3 is 0 Å². The van der Waals surface area contributed by atoms with E-state index in [0.717, 1.165) is 11.4 Å². The van der Waals surface area contributed by atoms with Gasteiger partial charge in [0.1, 0.15) is 17.2 Å². The van der Waals surface area contributed by atoms with Crippen LogP contribution in [-0.2, 0) is 0 Å². The lowest BCUT2D eigenvalue weighted by Crippen LogP contribution is -1.97. The molecule has 19 heavy (non-hydrogen) atoms. The molecule has 0 saturated heterocycles. The third-order valence-electron chi connectivity index (χ3n) is 2.49. The Morgan fingerprint density at radius 2 is 1.21 bits per heavy atom. The van der Waals surface area contributed by atoms with Gasteiger partial charge in [0.25, 0.3) is 0 Å². The van der Waals surface area contributed by atoms with Crippen LogP contribution in [0.4, 0.5) is 0 Å². The lowest BCUT2D eigenvalue weighted by molar-refractivity contribution is 1.04. The molecule has 3 heterocycles. The standard InChI is InChI=1S/C13H10N6/c1-9-18-10(12-7-14-2-4-16-12)6-11(19-9)13-8-15-3-5-17-13/h2-8H,1H3. The SMILES string of the molecule is Cc1nc(-c2cnccn2)cc(-c2cnccn2)n1. The maximum atomic E-state index is 4.37. The lowest BCUT2D eigenvalue weighted by atomic mass is 10.2. The Kier molecular flexibility index (Phi) is 2.89. The summed E-state index contributed by atoms with van der Waals surface area (Å²) in [6.07, 6.45) is 9.86. The molecule has 0 unspecified atom stereocenters. The second kappa shape index (κ2) is 4.85. The molecular formula is C13H10N6. The number of nitrogens with zero attached hydrogens (tertiary/aromatic N) is 6. The normalized spacial score (nSPS) is 10.4. The molecule has 3 rings (SSSR count). The Balaban J connectivity index is 2.12. The molecule has 0 spiro atoms. The topological polar surface area (TPSA) is 77.3 Å². The quantitative estimate of drug-likeness (QED) is 0.688. The fraction of sp³-hybridized carbons (Fsp3) is 0.0769. The van der Waals surface area contributed by atoms with Crippen LogP contribution in [0.25, 0.3) is 22.8 Å². The van der Waals surface area contributed by atoms with Crippen molar-refractivity contribution in [3.8, 4) is 22.8 Å². The Hall–Kier alpha value is -2.76. The van der Waals surface area contributed by atoms with E-state index >= 15 is 0 Å². The molecule has 0 aromatic carbocycles. The van der Waals surface area contributed by atoms with Crippen molar-refractivity contribution in [1.82, 2.24) is 29.9 Å². The zero-order valence-corrected chi connectivity index (χ0v) is 10.2. The summed E-state index contributed by atoms with van der Waals surface area (Å²) in [4.78, 5) is 25.3. The molecule has 0 radical (unpaired) electrons. The monoisotopic (exact) mass is 250 g/mol. The first-order valence-corrected chi connectivity index (χ1v) is 5.71. The van der Waals surface area contributed by atoms with Gasteiger partial charge >= 0.3 is 0 Å². The van der Waals surface area contributed by atoms with Crippen molar-refractivity contribution >= 4 is 0 Å². The molecule has 0 fully saturated rings. The smallest absolute Gasteiger partial charge is 0.126 e. The predicted octanol–water partition coefficient (Wildman–Crippen LogP) is 1.70. The maximum absolute atomic E-state index is 4.37. The van der Waals surface area contributed by atoms with E-state index in [2.05, 4.69) is 29.9 Å². The van der Waals surface area contributed by atoms with Gasteiger partial charge in [0, 0.05) is 24.8 Å². The van der Waals surface area contributed by atoms with Crippen LogP contribution in [0.5, 0.6) is 0 Å². The summed E-state index contributed by atoms with van der Waals surface area (Å²) in [6.45, 7) is 1.83. The van der Waals surface area contributed by atoms with Crippen molar-refractivity contribution in [2.75, 3.05) is 0 Å². The van der Waals surface area contributed by atoms with Gasteiger partial charge in [-0.1, -0.05) is 0 Å². The van der Waals surface area contributed by atoms with Crippen LogP contribution in [0.2, 0.25) is 0 Å². The third kappa shape index (κ3) is 2.42. The largest absolute Gasteiger partial charge is 0.261 e. The first-order valence-electron chi connectivity index (χ1n) is 5.71. The highest BCUT2D eigenvalue weighted by Crippen LogP contribution is 2.19. The molecule has 0 amide bonds. The van der Waals surface area contributed by atoms with Crippen LogP contribution in [0, 0.1) is 6.92 Å². The highest BCUT2D eigenvalue weighted by molar-refractivity contribution is 5.62. The Bertz CT molecular complexity index is 626. The number of aromatic nitrogens is 6. The van der Waals surface area contributed by atoms with Crippen LogP contribution in [0.1, 0.15) is 5.82 Å². The summed E-state index contributed by atoms with van der Waals surface area (Å²) in [6, 6.07) is 1.83. The van der Waals surface area contributed by atoms with Crippen LogP contribution in [0.15, 0.2) is 43.2 Å². The third-order valence-corrected chi connectivity index (χ3v) is 2.49. The van der Waals surface area contributed by atoms with Crippen LogP contribution < -0.4 is 0 Å². The highest BCUT2D eigenvalue weighted by atomic mass is 14.9. The van der Waals surface area contributed by atoms with Crippen molar-refractivity contribution in [3.05, 3.63) is 49.1 Å². The van der Waals surface area contributed by atoms with Gasteiger partial charge in [-0.3, -0.25) is 19.9 Å². The average molecular weight is 250 g/mol. The fourth-order valence-corrected chi connectivity index (χ4v) is 1.69. The van der Waals surface area contributed by atoms with E-state index in [9.17, 15) is 0 Å². The van der Waals surface area contributed by atoms with E-state index in [1.807, 2.05) is 13.0 Å². The molecule has 6 nitrogen and oxygen atoms in total. The number of hydrogen-bond acceptors (Lipinski definition) is 6. The van der Waals surface area contributed by atoms with Crippen LogP contribution in [-0.4, -0.2) is 29.9 Å². The van der Waals surface area contributed by atoms with Gasteiger partial charge in [0.05, 0.1) is 23.8 Å². The van der Waals surface area contributed by atoms with Gasteiger partial charge in [-0.05, 0) is 13.0 Å². The first-order chi connectivity index (χ1) is 9.33. The van der Waals surface area contributed by atoms with Crippen molar-refractivity contribution in [1.29, 1.82) is 0 Å². The Labute approximate surface area is 109 Å². The second-order valence-corrected chi connectivity index (χ2v) is 3.87. The predicted molar refractivity (Wildman–Crippen MR) is 68.8 cm³/mol. The van der Waals surface area contributed by atoms with Gasteiger partial charge in [0.2, 0.25) is 0 Å². The maximum Gasteiger partial charge on any atom is 0.126 e. The summed E-state index contributed by atoms with van der Waals surface area (Å²) in [5.41, 5.74) is 2.86. The molecule has 0 aliphatic carbocycles. The van der Waals surface area contributed by atoms with Gasteiger partial charge in [0.15, 0.2) is 0 Å². The summed E-state index contributed by atoms with van der Waals surface area (Å²) in [5, 5.41) is 0. The molecule has 0 atom stereocenters. The molecule has 0 bridgehead atoms. The molecule has 0 aliphatic heterocycles. The molecule has 0 saturated carbocycles. The van der Waals surface area contributed by atoms with E-state index in [-0.39, 0.29) is 0 Å². The van der Waals surface area contributed by atoms with E-state index in [1.165, 1.54) is 0 Å². The van der Waals surface area contributed by atoms with Crippen molar-refractivity contribution in [2.45, 2.75) is 6.92 Å². The van der Waals surface area contributed by atoms with Crippen molar-refractivity contribution in [2.24, 2.45) is 0 Å². The van der Waals surface area contributed by atoms with E-state index in [4.69, 9.17) is 0 Å². The Morgan fingerprint density at radius 3 is 1.63 bits per heavy atom. The summed E-state index contributed by atoms with van der Waals surface area (Å²) >= 11 is 0. The summed E-state index contributed by atoms with van der Waals surface area (Å²) in [7, 11) is 0. The molecule has 6 heteroatoms. The number of aryl methyl sites for hydroxylation is 1. The fourth-order valence-electron chi connectivity index (χ4n) is 1.69. The highest BCUT2D eigenvalue weighted by Gasteiger charge is 2.08. The van der Waals surface area contributed by atoms with Crippen LogP contribution in [0.3, 0.4) is 0 Å². The summed E-state index contributed by atoms with van der Waals surface area (Å²) in [5.74, 6) is 0.656. The first kappa shape index (κ1) is 11.3. The molecular weight excluding hydrogens is 240 g/mol. The van der Waals surface area contributed by atoms with Crippen molar-refractivity contribution in [3.63, 3.8) is 0 Å². The number of rotatable bonds is 2. The lowest BCUT2D eigenvalue weighted by Gasteiger charge is -2.04. The van der Waals surface area contributed by atoms with Crippen molar-refractivity contribution < 1.29 is 0 Å². The average Bonchev–Trinajstić information content (AvgIpc) is 2.48. The molecule has 3 aromatic heterocycles. The minimum atomic E-state index is 0.656. The summed E-state index contributed by atoms with van der Waals surface area (Å²) < 4.78 is 0. The molecule has 3 aromatic rings. The van der Waals surface area contributed by atoms with E-state index in [0.29, 0.717) is 17.2 Å². The van der Waals surface area contributed by atoms with E-state index in [1.54, 1.807) is 37.2 Å². The van der Waals surface area contributed by atoms with E-state index < -0.39 is 0 Å².